The maximum atomic E-state index is 13.1. The van der Waals surface area contributed by atoms with Crippen molar-refractivity contribution >= 4 is 17.5 Å². The zero-order chi connectivity index (χ0) is 26.6. The second-order valence-corrected chi connectivity index (χ2v) is 11.5. The minimum absolute atomic E-state index is 0.0206. The molecule has 0 bridgehead atoms. The van der Waals surface area contributed by atoms with Gasteiger partial charge in [0.05, 0.1) is 17.4 Å². The van der Waals surface area contributed by atoms with Crippen LogP contribution in [0.1, 0.15) is 44.1 Å². The number of carbonyl (C=O) groups is 1. The van der Waals surface area contributed by atoms with Gasteiger partial charge in [-0.05, 0) is 86.7 Å². The van der Waals surface area contributed by atoms with Crippen LogP contribution >= 0.6 is 11.6 Å². The number of allylic oxidation sites excluding steroid dienone is 5. The summed E-state index contributed by atoms with van der Waals surface area (Å²) in [6, 6.07) is 8.72. The minimum Gasteiger partial charge on any atom is -0.435 e. The molecule has 2 saturated heterocycles. The van der Waals surface area contributed by atoms with Crippen molar-refractivity contribution in [2.75, 3.05) is 26.2 Å². The van der Waals surface area contributed by atoms with Gasteiger partial charge >= 0.3 is 6.61 Å². The van der Waals surface area contributed by atoms with E-state index in [9.17, 15) is 13.6 Å². The molecule has 202 valence electrons. The molecule has 4 aliphatic rings. The molecule has 0 aromatic heterocycles. The second kappa shape index (κ2) is 12.0. The number of hydrogen-bond donors (Lipinski definition) is 0. The van der Waals surface area contributed by atoms with E-state index in [0.29, 0.717) is 24.9 Å². The predicted molar refractivity (Wildman–Crippen MR) is 143 cm³/mol. The van der Waals surface area contributed by atoms with Crippen LogP contribution in [-0.2, 0) is 11.3 Å². The molecule has 5 nitrogen and oxygen atoms in total. The summed E-state index contributed by atoms with van der Waals surface area (Å²) >= 11 is 6.73. The molecule has 1 amide bonds. The lowest BCUT2D eigenvalue weighted by atomic mass is 9.83. The number of nitriles is 1. The van der Waals surface area contributed by atoms with Crippen LogP contribution in [0.5, 0.6) is 5.75 Å². The molecule has 5 rings (SSSR count). The van der Waals surface area contributed by atoms with E-state index >= 15 is 0 Å². The van der Waals surface area contributed by atoms with Gasteiger partial charge in [0.1, 0.15) is 5.75 Å². The van der Waals surface area contributed by atoms with Gasteiger partial charge in [0.15, 0.2) is 0 Å². The van der Waals surface area contributed by atoms with E-state index in [1.807, 2.05) is 0 Å². The largest absolute Gasteiger partial charge is 0.435 e. The zero-order valence-corrected chi connectivity index (χ0v) is 22.3. The van der Waals surface area contributed by atoms with Crippen molar-refractivity contribution in [2.45, 2.75) is 57.1 Å². The van der Waals surface area contributed by atoms with Crippen LogP contribution in [-0.4, -0.2) is 53.9 Å². The van der Waals surface area contributed by atoms with E-state index in [1.165, 1.54) is 30.5 Å². The standard InChI is InChI=1S/C30H34ClF2N3O2/c31-27-15-24(13-20-9-11-35(12-10-20)17-22-3-1-21(16-34)2-4-22)14-25-19-36(29(37)28(25)27)18-23-5-7-26(8-6-23)38-30(32)33/h1,5-8,14-15,20,22,27-28,30H,2-4,9-13,17-19H2. The summed E-state index contributed by atoms with van der Waals surface area (Å²) in [5, 5.41) is 8.71. The topological polar surface area (TPSA) is 56.6 Å². The lowest BCUT2D eigenvalue weighted by Crippen LogP contribution is -2.37. The Morgan fingerprint density at radius 2 is 1.89 bits per heavy atom. The molecule has 2 aliphatic carbocycles. The van der Waals surface area contributed by atoms with Crippen molar-refractivity contribution in [2.24, 2.45) is 17.8 Å². The number of piperidine rings is 1. The Hall–Kier alpha value is -2.69. The first-order valence-corrected chi connectivity index (χ1v) is 14.0. The van der Waals surface area contributed by atoms with E-state index in [1.54, 1.807) is 17.0 Å². The molecule has 0 N–H and O–H groups in total. The molecule has 8 heteroatoms. The van der Waals surface area contributed by atoms with Crippen molar-refractivity contribution in [3.63, 3.8) is 0 Å². The average Bonchev–Trinajstić information content (AvgIpc) is 3.21. The molecule has 0 saturated carbocycles. The molecular weight excluding hydrogens is 508 g/mol. The number of benzene rings is 1. The van der Waals surface area contributed by atoms with Crippen molar-refractivity contribution in [3.8, 4) is 11.8 Å². The summed E-state index contributed by atoms with van der Waals surface area (Å²) in [5.74, 6) is 1.08. The van der Waals surface area contributed by atoms with Gasteiger partial charge in [-0.3, -0.25) is 4.79 Å². The maximum absolute atomic E-state index is 13.1. The van der Waals surface area contributed by atoms with Crippen molar-refractivity contribution in [3.05, 3.63) is 64.8 Å². The Labute approximate surface area is 228 Å². The van der Waals surface area contributed by atoms with E-state index in [2.05, 4.69) is 33.9 Å². The highest BCUT2D eigenvalue weighted by molar-refractivity contribution is 6.24. The highest BCUT2D eigenvalue weighted by Crippen LogP contribution is 2.38. The summed E-state index contributed by atoms with van der Waals surface area (Å²) in [5.41, 5.74) is 4.11. The summed E-state index contributed by atoms with van der Waals surface area (Å²) < 4.78 is 29.2. The van der Waals surface area contributed by atoms with Crippen LogP contribution < -0.4 is 4.74 Å². The molecule has 2 heterocycles. The van der Waals surface area contributed by atoms with Gasteiger partial charge in [-0.25, -0.2) is 0 Å². The Morgan fingerprint density at radius 1 is 1.13 bits per heavy atom. The molecule has 2 aliphatic heterocycles. The number of halogens is 3. The van der Waals surface area contributed by atoms with Gasteiger partial charge in [-0.2, -0.15) is 14.0 Å². The third-order valence-corrected chi connectivity index (χ3v) is 8.72. The molecule has 3 unspecified atom stereocenters. The number of likely N-dealkylation sites (tertiary alicyclic amines) is 2. The smallest absolute Gasteiger partial charge is 0.387 e. The van der Waals surface area contributed by atoms with Crippen LogP contribution in [0.3, 0.4) is 0 Å². The van der Waals surface area contributed by atoms with Gasteiger partial charge in [0.2, 0.25) is 5.91 Å². The van der Waals surface area contributed by atoms with Crippen molar-refractivity contribution < 1.29 is 18.3 Å². The van der Waals surface area contributed by atoms with E-state index in [0.717, 1.165) is 62.0 Å². The Balaban J connectivity index is 1.12. The summed E-state index contributed by atoms with van der Waals surface area (Å²) in [7, 11) is 0. The van der Waals surface area contributed by atoms with Crippen LogP contribution in [0.2, 0.25) is 0 Å². The number of rotatable bonds is 8. The first kappa shape index (κ1) is 26.9. The summed E-state index contributed by atoms with van der Waals surface area (Å²) in [4.78, 5) is 17.5. The molecular formula is C30H34ClF2N3O2. The molecule has 0 radical (unpaired) electrons. The Bertz CT molecular complexity index is 1150. The second-order valence-electron chi connectivity index (χ2n) is 11.0. The van der Waals surface area contributed by atoms with Gasteiger partial charge in [-0.1, -0.05) is 35.9 Å². The van der Waals surface area contributed by atoms with Crippen molar-refractivity contribution in [1.29, 1.82) is 5.26 Å². The van der Waals surface area contributed by atoms with E-state index < -0.39 is 6.61 Å². The molecule has 0 spiro atoms. The number of ether oxygens (including phenoxy) is 1. The Morgan fingerprint density at radius 3 is 2.55 bits per heavy atom. The van der Waals surface area contributed by atoms with Gasteiger partial charge in [0.25, 0.3) is 0 Å². The third kappa shape index (κ3) is 6.47. The fourth-order valence-electron chi connectivity index (χ4n) is 6.30. The predicted octanol–water partition coefficient (Wildman–Crippen LogP) is 6.07. The zero-order valence-electron chi connectivity index (χ0n) is 21.5. The van der Waals surface area contributed by atoms with Gasteiger partial charge in [-0.15, -0.1) is 11.6 Å². The van der Waals surface area contributed by atoms with E-state index in [-0.39, 0.29) is 23.0 Å². The number of amides is 1. The normalized spacial score (nSPS) is 26.5. The molecule has 38 heavy (non-hydrogen) atoms. The highest BCUT2D eigenvalue weighted by atomic mass is 35.5. The monoisotopic (exact) mass is 541 g/mol. The lowest BCUT2D eigenvalue weighted by molar-refractivity contribution is -0.131. The van der Waals surface area contributed by atoms with Crippen LogP contribution in [0.25, 0.3) is 0 Å². The number of fused-ring (bicyclic) bond motifs is 1. The summed E-state index contributed by atoms with van der Waals surface area (Å²) in [6.45, 7) is 1.44. The average molecular weight is 542 g/mol. The van der Waals surface area contributed by atoms with Gasteiger partial charge < -0.3 is 14.5 Å². The minimum atomic E-state index is -2.86. The first-order valence-electron chi connectivity index (χ1n) is 13.6. The SMILES string of the molecule is N#CC1=CCC(CN2CCC(CC3=CC(Cl)C4C(=O)N(Cc5ccc(OC(F)F)cc5)CC4=C3)CC2)CC1. The van der Waals surface area contributed by atoms with E-state index in [4.69, 9.17) is 16.9 Å². The Kier molecular flexibility index (Phi) is 8.50. The fraction of sp³-hybridized carbons (Fsp3) is 0.533. The summed E-state index contributed by atoms with van der Waals surface area (Å²) in [6.07, 6.45) is 12.8. The quantitative estimate of drug-likeness (QED) is 0.375. The van der Waals surface area contributed by atoms with Gasteiger partial charge in [0, 0.05) is 25.2 Å². The molecule has 2 fully saturated rings. The number of nitrogens with zero attached hydrogens (tertiary/aromatic N) is 3. The van der Waals surface area contributed by atoms with Crippen molar-refractivity contribution in [1.82, 2.24) is 9.80 Å². The molecule has 1 aromatic carbocycles. The number of carbonyl (C=O) groups excluding carboxylic acids is 1. The molecule has 3 atom stereocenters. The first-order chi connectivity index (χ1) is 18.4. The highest BCUT2D eigenvalue weighted by Gasteiger charge is 2.41. The van der Waals surface area contributed by atoms with Crippen LogP contribution in [0.4, 0.5) is 8.78 Å². The lowest BCUT2D eigenvalue weighted by Gasteiger charge is -2.35. The fourth-order valence-corrected chi connectivity index (χ4v) is 6.73. The molecule has 1 aromatic rings. The number of hydrogen-bond acceptors (Lipinski definition) is 4. The third-order valence-electron chi connectivity index (χ3n) is 8.35. The maximum Gasteiger partial charge on any atom is 0.387 e. The number of alkyl halides is 3. The van der Waals surface area contributed by atoms with Crippen LogP contribution in [0, 0.1) is 29.1 Å². The van der Waals surface area contributed by atoms with Crippen LogP contribution in [0.15, 0.2) is 59.2 Å².